The average molecular weight is 391 g/mol. The van der Waals surface area contributed by atoms with Crippen LogP contribution in [-0.2, 0) is 13.1 Å². The van der Waals surface area contributed by atoms with Crippen LogP contribution in [0.4, 0.5) is 17.6 Å². The lowest BCUT2D eigenvalue weighted by Gasteiger charge is -2.19. The molecule has 1 unspecified atom stereocenters. The highest BCUT2D eigenvalue weighted by atomic mass is 16.5. The Bertz CT molecular complexity index is 971. The second-order valence-electron chi connectivity index (χ2n) is 7.51. The van der Waals surface area contributed by atoms with Crippen molar-refractivity contribution in [2.75, 3.05) is 18.2 Å². The maximum absolute atomic E-state index is 5.98. The van der Waals surface area contributed by atoms with E-state index in [1.807, 2.05) is 43.3 Å². The summed E-state index contributed by atoms with van der Waals surface area (Å²) >= 11 is 0. The van der Waals surface area contributed by atoms with E-state index in [1.54, 1.807) is 7.11 Å². The van der Waals surface area contributed by atoms with E-state index in [0.29, 0.717) is 24.4 Å². The normalized spacial score (nSPS) is 14.4. The fraction of sp³-hybridized carbons (Fsp3) is 0.318. The van der Waals surface area contributed by atoms with Crippen molar-refractivity contribution in [1.29, 1.82) is 0 Å². The number of rotatable bonds is 8. The molecule has 4 rings (SSSR count). The molecule has 0 amide bonds. The van der Waals surface area contributed by atoms with Crippen LogP contribution < -0.4 is 20.7 Å². The molecule has 0 aliphatic heterocycles. The van der Waals surface area contributed by atoms with E-state index in [9.17, 15) is 0 Å². The largest absolute Gasteiger partial charge is 0.497 e. The summed E-state index contributed by atoms with van der Waals surface area (Å²) in [7, 11) is 1.69. The van der Waals surface area contributed by atoms with Crippen LogP contribution in [0.5, 0.6) is 5.75 Å². The standard InChI is InChI=1S/C22H26N6O/c1-15-5-3-4-6-19(15)24-22-26-20(25-21(23)27-22)14-28(17-9-10-17)13-16-7-11-18(29-2)12-8-16/h3-8,11-12,17H,9-10,13-14H2,1-2H3,(H3,23,24,25,26,27)/p+1. The molecule has 1 heterocycles. The summed E-state index contributed by atoms with van der Waals surface area (Å²) in [6, 6.07) is 16.9. The second kappa shape index (κ2) is 8.45. The van der Waals surface area contributed by atoms with Crippen molar-refractivity contribution >= 4 is 17.6 Å². The van der Waals surface area contributed by atoms with Crippen LogP contribution in [0.2, 0.25) is 0 Å². The van der Waals surface area contributed by atoms with Gasteiger partial charge in [0.15, 0.2) is 5.82 Å². The summed E-state index contributed by atoms with van der Waals surface area (Å²) in [5.41, 5.74) is 9.34. The lowest BCUT2D eigenvalue weighted by Crippen LogP contribution is -3.10. The van der Waals surface area contributed by atoms with Crippen LogP contribution in [0.3, 0.4) is 0 Å². The zero-order valence-corrected chi connectivity index (χ0v) is 16.9. The Hall–Kier alpha value is -3.19. The number of anilines is 3. The number of para-hydroxylation sites is 1. The Labute approximate surface area is 171 Å². The lowest BCUT2D eigenvalue weighted by molar-refractivity contribution is -0.939. The molecule has 0 radical (unpaired) electrons. The van der Waals surface area contributed by atoms with Crippen LogP contribution in [0.15, 0.2) is 48.5 Å². The van der Waals surface area contributed by atoms with Gasteiger partial charge in [0.1, 0.15) is 18.8 Å². The van der Waals surface area contributed by atoms with Gasteiger partial charge >= 0.3 is 0 Å². The van der Waals surface area contributed by atoms with Gasteiger partial charge in [-0.25, -0.2) is 0 Å². The zero-order valence-electron chi connectivity index (χ0n) is 16.9. The second-order valence-corrected chi connectivity index (χ2v) is 7.51. The molecule has 29 heavy (non-hydrogen) atoms. The number of nitrogen functional groups attached to an aromatic ring is 1. The molecule has 0 spiro atoms. The van der Waals surface area contributed by atoms with Crippen molar-refractivity contribution in [3.63, 3.8) is 0 Å². The van der Waals surface area contributed by atoms with Crippen molar-refractivity contribution in [2.24, 2.45) is 0 Å². The molecule has 150 valence electrons. The quantitative estimate of drug-likeness (QED) is 0.546. The van der Waals surface area contributed by atoms with Crippen molar-refractivity contribution in [2.45, 2.75) is 38.9 Å². The van der Waals surface area contributed by atoms with E-state index in [0.717, 1.165) is 23.5 Å². The number of methoxy groups -OCH3 is 1. The van der Waals surface area contributed by atoms with Gasteiger partial charge in [-0.15, -0.1) is 0 Å². The molecule has 1 fully saturated rings. The molecule has 1 saturated carbocycles. The minimum atomic E-state index is 0.241. The Morgan fingerprint density at radius 1 is 1.03 bits per heavy atom. The van der Waals surface area contributed by atoms with Gasteiger partial charge in [-0.3, -0.25) is 0 Å². The third kappa shape index (κ3) is 5.00. The summed E-state index contributed by atoms with van der Waals surface area (Å²) in [4.78, 5) is 14.7. The first-order chi connectivity index (χ1) is 14.1. The van der Waals surface area contributed by atoms with Crippen molar-refractivity contribution in [1.82, 2.24) is 15.0 Å². The Morgan fingerprint density at radius 2 is 1.79 bits per heavy atom. The van der Waals surface area contributed by atoms with Gasteiger partial charge in [0.05, 0.1) is 13.2 Å². The SMILES string of the molecule is COc1ccc(C[NH+](Cc2nc(N)nc(Nc3ccccc3C)n2)C2CC2)cc1. The molecule has 7 nitrogen and oxygen atoms in total. The fourth-order valence-corrected chi connectivity index (χ4v) is 3.46. The summed E-state index contributed by atoms with van der Waals surface area (Å²) < 4.78 is 5.26. The molecule has 1 aliphatic rings. The lowest BCUT2D eigenvalue weighted by atomic mass is 10.2. The number of nitrogens with two attached hydrogens (primary N) is 1. The van der Waals surface area contributed by atoms with Crippen LogP contribution in [0, 0.1) is 6.92 Å². The first kappa shape index (κ1) is 19.1. The molecule has 1 atom stereocenters. The number of ether oxygens (including phenoxy) is 1. The number of nitrogens with zero attached hydrogens (tertiary/aromatic N) is 3. The summed E-state index contributed by atoms with van der Waals surface area (Å²) in [5.74, 6) is 2.31. The minimum absolute atomic E-state index is 0.241. The highest BCUT2D eigenvalue weighted by molar-refractivity contribution is 5.58. The molecule has 1 aromatic heterocycles. The average Bonchev–Trinajstić information content (AvgIpc) is 3.55. The van der Waals surface area contributed by atoms with E-state index in [4.69, 9.17) is 10.5 Å². The summed E-state index contributed by atoms with van der Waals surface area (Å²) in [6.07, 6.45) is 2.47. The molecule has 2 aromatic carbocycles. The molecular weight excluding hydrogens is 364 g/mol. The van der Waals surface area contributed by atoms with Gasteiger partial charge in [0, 0.05) is 24.1 Å². The Morgan fingerprint density at radius 3 is 2.48 bits per heavy atom. The monoisotopic (exact) mass is 391 g/mol. The predicted molar refractivity (Wildman–Crippen MR) is 113 cm³/mol. The van der Waals surface area contributed by atoms with Gasteiger partial charge in [0.25, 0.3) is 0 Å². The highest BCUT2D eigenvalue weighted by Crippen LogP contribution is 2.19. The molecule has 7 heteroatoms. The van der Waals surface area contributed by atoms with Crippen LogP contribution >= 0.6 is 0 Å². The van der Waals surface area contributed by atoms with Crippen LogP contribution in [0.25, 0.3) is 0 Å². The van der Waals surface area contributed by atoms with Gasteiger partial charge in [-0.05, 0) is 42.8 Å². The Kier molecular flexibility index (Phi) is 5.57. The van der Waals surface area contributed by atoms with Gasteiger partial charge in [-0.2, -0.15) is 15.0 Å². The molecular formula is C22H27N6O+. The molecule has 1 aliphatic carbocycles. The maximum atomic E-state index is 5.98. The molecule has 0 saturated heterocycles. The number of aromatic nitrogens is 3. The Balaban J connectivity index is 1.50. The minimum Gasteiger partial charge on any atom is -0.497 e. The fourth-order valence-electron chi connectivity index (χ4n) is 3.46. The smallest absolute Gasteiger partial charge is 0.232 e. The number of quaternary nitrogens is 1. The van der Waals surface area contributed by atoms with Gasteiger partial charge < -0.3 is 20.7 Å². The van der Waals surface area contributed by atoms with E-state index in [-0.39, 0.29) is 5.95 Å². The van der Waals surface area contributed by atoms with Crippen molar-refractivity contribution < 1.29 is 9.64 Å². The number of benzene rings is 2. The predicted octanol–water partition coefficient (Wildman–Crippen LogP) is 2.26. The van der Waals surface area contributed by atoms with Crippen molar-refractivity contribution in [3.8, 4) is 5.75 Å². The zero-order chi connectivity index (χ0) is 20.2. The number of hydrogen-bond acceptors (Lipinski definition) is 6. The van der Waals surface area contributed by atoms with Gasteiger partial charge in [0.2, 0.25) is 11.9 Å². The number of nitrogens with one attached hydrogen (secondary N) is 2. The van der Waals surface area contributed by atoms with Crippen LogP contribution in [-0.4, -0.2) is 28.1 Å². The van der Waals surface area contributed by atoms with Crippen molar-refractivity contribution in [3.05, 3.63) is 65.5 Å². The molecule has 4 N–H and O–H groups in total. The third-order valence-corrected chi connectivity index (χ3v) is 5.22. The first-order valence-electron chi connectivity index (χ1n) is 9.91. The maximum Gasteiger partial charge on any atom is 0.232 e. The van der Waals surface area contributed by atoms with E-state index in [2.05, 4.69) is 32.4 Å². The topological polar surface area (TPSA) is 90.4 Å². The number of aryl methyl sites for hydroxylation is 1. The third-order valence-electron chi connectivity index (χ3n) is 5.22. The first-order valence-corrected chi connectivity index (χ1v) is 9.91. The van der Waals surface area contributed by atoms with E-state index in [1.165, 1.54) is 23.3 Å². The van der Waals surface area contributed by atoms with Crippen LogP contribution in [0.1, 0.15) is 29.8 Å². The number of hydrogen-bond donors (Lipinski definition) is 3. The van der Waals surface area contributed by atoms with E-state index >= 15 is 0 Å². The summed E-state index contributed by atoms with van der Waals surface area (Å²) in [6.45, 7) is 3.67. The highest BCUT2D eigenvalue weighted by Gasteiger charge is 2.34. The molecule has 3 aromatic rings. The summed E-state index contributed by atoms with van der Waals surface area (Å²) in [5, 5.41) is 3.27. The van der Waals surface area contributed by atoms with E-state index < -0.39 is 0 Å². The van der Waals surface area contributed by atoms with Gasteiger partial charge in [-0.1, -0.05) is 18.2 Å². The molecule has 0 bridgehead atoms.